The van der Waals surface area contributed by atoms with Crippen LogP contribution in [0.4, 0.5) is 5.82 Å². The third kappa shape index (κ3) is 3.17. The molecule has 1 fully saturated rings. The van der Waals surface area contributed by atoms with Gasteiger partial charge in [0.05, 0.1) is 27.6 Å². The fourth-order valence-corrected chi connectivity index (χ4v) is 6.76. The minimum absolute atomic E-state index is 0.0625. The highest BCUT2D eigenvalue weighted by atomic mass is 32.2. The Hall–Kier alpha value is -1.91. The maximum Gasteiger partial charge on any atom is 0.265 e. The lowest BCUT2D eigenvalue weighted by Gasteiger charge is -2.33. The predicted molar refractivity (Wildman–Crippen MR) is 110 cm³/mol. The molecule has 158 valence electrons. The summed E-state index contributed by atoms with van der Waals surface area (Å²) in [7, 11) is -4.56. The summed E-state index contributed by atoms with van der Waals surface area (Å²) < 4.78 is 55.9. The van der Waals surface area contributed by atoms with Gasteiger partial charge < -0.3 is 0 Å². The Bertz CT molecular complexity index is 1130. The van der Waals surface area contributed by atoms with Crippen LogP contribution in [0, 0.1) is 6.92 Å². The topological polar surface area (TPSA) is 92.6 Å². The Kier molecular flexibility index (Phi) is 4.79. The summed E-state index contributed by atoms with van der Waals surface area (Å²) in [6, 6.07) is 7.23. The van der Waals surface area contributed by atoms with Crippen molar-refractivity contribution >= 4 is 25.9 Å². The SMILES string of the molecule is Cc1cc2n(n1)C1(CCCCC1)CN2S(=O)(=O)c1ccc(S(=O)(=O)N(C)C)cc1. The van der Waals surface area contributed by atoms with Gasteiger partial charge in [-0.25, -0.2) is 30.1 Å². The first-order chi connectivity index (χ1) is 13.6. The number of nitrogens with zero attached hydrogens (tertiary/aromatic N) is 4. The van der Waals surface area contributed by atoms with Crippen LogP contribution in [0.2, 0.25) is 0 Å². The van der Waals surface area contributed by atoms with Crippen molar-refractivity contribution in [1.29, 1.82) is 0 Å². The first kappa shape index (κ1) is 20.4. The van der Waals surface area contributed by atoms with Crippen LogP contribution in [0.3, 0.4) is 0 Å². The van der Waals surface area contributed by atoms with Crippen molar-refractivity contribution in [1.82, 2.24) is 14.1 Å². The van der Waals surface area contributed by atoms with E-state index in [1.54, 1.807) is 0 Å². The molecule has 8 nitrogen and oxygen atoms in total. The number of aryl methyl sites for hydroxylation is 1. The second kappa shape index (κ2) is 6.82. The van der Waals surface area contributed by atoms with E-state index in [1.807, 2.05) is 17.7 Å². The Morgan fingerprint density at radius 2 is 1.55 bits per heavy atom. The van der Waals surface area contributed by atoms with E-state index in [4.69, 9.17) is 0 Å². The smallest absolute Gasteiger partial charge is 0.247 e. The molecule has 2 aliphatic rings. The van der Waals surface area contributed by atoms with Crippen LogP contribution in [-0.4, -0.2) is 51.6 Å². The van der Waals surface area contributed by atoms with Crippen molar-refractivity contribution in [3.05, 3.63) is 36.0 Å². The Morgan fingerprint density at radius 1 is 0.966 bits per heavy atom. The van der Waals surface area contributed by atoms with Gasteiger partial charge in [0, 0.05) is 20.2 Å². The van der Waals surface area contributed by atoms with Gasteiger partial charge in [0.25, 0.3) is 10.0 Å². The summed E-state index contributed by atoms with van der Waals surface area (Å²) in [6.07, 6.45) is 5.10. The first-order valence-corrected chi connectivity index (χ1v) is 12.6. The predicted octanol–water partition coefficient (Wildman–Crippen LogP) is 2.31. The zero-order chi connectivity index (χ0) is 21.0. The number of aromatic nitrogens is 2. The van der Waals surface area contributed by atoms with E-state index in [0.717, 1.165) is 42.1 Å². The van der Waals surface area contributed by atoms with E-state index < -0.39 is 20.0 Å². The van der Waals surface area contributed by atoms with Crippen LogP contribution in [-0.2, 0) is 25.6 Å². The van der Waals surface area contributed by atoms with Gasteiger partial charge >= 0.3 is 0 Å². The average molecular weight is 439 g/mol. The van der Waals surface area contributed by atoms with E-state index in [9.17, 15) is 16.8 Å². The highest BCUT2D eigenvalue weighted by molar-refractivity contribution is 7.93. The summed E-state index contributed by atoms with van der Waals surface area (Å²) >= 11 is 0. The number of rotatable bonds is 4. The molecule has 0 atom stereocenters. The van der Waals surface area contributed by atoms with Gasteiger partial charge in [-0.1, -0.05) is 19.3 Å². The fourth-order valence-electron chi connectivity index (χ4n) is 4.34. The number of sulfonamides is 2. The van der Waals surface area contributed by atoms with Crippen molar-refractivity contribution in [3.8, 4) is 0 Å². The van der Waals surface area contributed by atoms with Crippen molar-refractivity contribution in [2.45, 2.75) is 54.4 Å². The lowest BCUT2D eigenvalue weighted by atomic mass is 9.82. The molecule has 29 heavy (non-hydrogen) atoms. The van der Waals surface area contributed by atoms with Crippen molar-refractivity contribution in [2.24, 2.45) is 0 Å². The normalized spacial score (nSPS) is 19.1. The molecule has 0 amide bonds. The molecule has 1 saturated carbocycles. The van der Waals surface area contributed by atoms with Crippen molar-refractivity contribution in [3.63, 3.8) is 0 Å². The molecule has 2 aromatic rings. The molecule has 0 saturated heterocycles. The number of hydrogen-bond donors (Lipinski definition) is 0. The molecule has 1 aliphatic carbocycles. The third-order valence-corrected chi connectivity index (χ3v) is 9.52. The molecule has 0 N–H and O–H groups in total. The van der Waals surface area contributed by atoms with E-state index in [1.165, 1.54) is 42.7 Å². The molecule has 0 bridgehead atoms. The minimum Gasteiger partial charge on any atom is -0.247 e. The van der Waals surface area contributed by atoms with Gasteiger partial charge in [0.1, 0.15) is 5.82 Å². The number of fused-ring (bicyclic) bond motifs is 2. The lowest BCUT2D eigenvalue weighted by Crippen LogP contribution is -2.41. The molecule has 0 radical (unpaired) electrons. The molecule has 0 unspecified atom stereocenters. The second-order valence-electron chi connectivity index (χ2n) is 8.11. The van der Waals surface area contributed by atoms with Crippen molar-refractivity contribution in [2.75, 3.05) is 24.9 Å². The summed E-state index contributed by atoms with van der Waals surface area (Å²) in [5.74, 6) is 0.592. The van der Waals surface area contributed by atoms with Gasteiger partial charge in [0.2, 0.25) is 10.0 Å². The van der Waals surface area contributed by atoms with Crippen LogP contribution < -0.4 is 4.31 Å². The zero-order valence-electron chi connectivity index (χ0n) is 16.9. The third-order valence-electron chi connectivity index (χ3n) is 5.93. The van der Waals surface area contributed by atoms with Crippen LogP contribution >= 0.6 is 0 Å². The standard InChI is InChI=1S/C19H26N4O4S2/c1-15-13-18-22(14-19(23(18)20-15)11-5-4-6-12-19)29(26,27)17-9-7-16(8-10-17)28(24,25)21(2)3/h7-10,13H,4-6,11-12,14H2,1-3H3. The Morgan fingerprint density at radius 3 is 2.14 bits per heavy atom. The molecule has 1 aliphatic heterocycles. The zero-order valence-corrected chi connectivity index (χ0v) is 18.5. The molecule has 1 aromatic carbocycles. The van der Waals surface area contributed by atoms with E-state index in [-0.39, 0.29) is 15.3 Å². The fraction of sp³-hybridized carbons (Fsp3) is 0.526. The number of hydrogen-bond acceptors (Lipinski definition) is 5. The largest absolute Gasteiger partial charge is 0.265 e. The quantitative estimate of drug-likeness (QED) is 0.730. The van der Waals surface area contributed by atoms with Crippen LogP contribution in [0.5, 0.6) is 0 Å². The first-order valence-electron chi connectivity index (χ1n) is 9.70. The average Bonchev–Trinajstić information content (AvgIpc) is 3.20. The Balaban J connectivity index is 1.73. The van der Waals surface area contributed by atoms with Crippen LogP contribution in [0.25, 0.3) is 0 Å². The molecule has 1 aromatic heterocycles. The Labute approximate surface area is 172 Å². The highest BCUT2D eigenvalue weighted by Gasteiger charge is 2.48. The molecule has 1 spiro atoms. The lowest BCUT2D eigenvalue weighted by molar-refractivity contribution is 0.206. The number of anilines is 1. The van der Waals surface area contributed by atoms with Gasteiger partial charge in [-0.05, 0) is 44.0 Å². The van der Waals surface area contributed by atoms with Gasteiger partial charge in [0.15, 0.2) is 0 Å². The molecule has 10 heteroatoms. The highest BCUT2D eigenvalue weighted by Crippen LogP contribution is 2.45. The van der Waals surface area contributed by atoms with Gasteiger partial charge in [-0.2, -0.15) is 5.10 Å². The van der Waals surface area contributed by atoms with Crippen LogP contribution in [0.15, 0.2) is 40.1 Å². The summed E-state index contributed by atoms with van der Waals surface area (Å²) in [4.78, 5) is 0.140. The molecular weight excluding hydrogens is 412 g/mol. The second-order valence-corrected chi connectivity index (χ2v) is 12.1. The maximum absolute atomic E-state index is 13.5. The molecular formula is C19H26N4O4S2. The van der Waals surface area contributed by atoms with Gasteiger partial charge in [-0.3, -0.25) is 0 Å². The van der Waals surface area contributed by atoms with E-state index >= 15 is 0 Å². The maximum atomic E-state index is 13.5. The van der Waals surface area contributed by atoms with Crippen LogP contribution in [0.1, 0.15) is 37.8 Å². The van der Waals surface area contributed by atoms with Gasteiger partial charge in [-0.15, -0.1) is 0 Å². The molecule has 4 rings (SSSR count). The summed E-state index contributed by atoms with van der Waals surface area (Å²) in [5.41, 5.74) is 0.501. The number of benzene rings is 1. The van der Waals surface area contributed by atoms with E-state index in [0.29, 0.717) is 12.4 Å². The van der Waals surface area contributed by atoms with Crippen molar-refractivity contribution < 1.29 is 16.8 Å². The molecule has 2 heterocycles. The van der Waals surface area contributed by atoms with E-state index in [2.05, 4.69) is 5.10 Å². The minimum atomic E-state index is -3.83. The summed E-state index contributed by atoms with van der Waals surface area (Å²) in [6.45, 7) is 2.24. The summed E-state index contributed by atoms with van der Waals surface area (Å²) in [5, 5.41) is 4.62. The monoisotopic (exact) mass is 438 g/mol.